The van der Waals surface area contributed by atoms with Crippen LogP contribution in [0.3, 0.4) is 0 Å². The zero-order valence-electron chi connectivity index (χ0n) is 52.7. The van der Waals surface area contributed by atoms with Crippen molar-refractivity contribution >= 4 is 316 Å². The number of fused-ring (bicyclic) bond motifs is 28. The summed E-state index contributed by atoms with van der Waals surface area (Å²) in [5.41, 5.74) is 26.4. The first-order valence-electron chi connectivity index (χ1n) is 29.9. The zero-order valence-corrected chi connectivity index (χ0v) is 65.7. The number of phenolic OH excluding ortho intramolecular Hbond substituents is 4. The Labute approximate surface area is 644 Å². The van der Waals surface area contributed by atoms with Gasteiger partial charge in [-0.05, 0) is 116 Å². The van der Waals surface area contributed by atoms with Gasteiger partial charge in [0, 0.05) is 90.1 Å². The lowest BCUT2D eigenvalue weighted by molar-refractivity contribution is 0.448. The van der Waals surface area contributed by atoms with Gasteiger partial charge in [0.2, 0.25) is 45.3 Å². The Hall–Kier alpha value is -8.20. The van der Waals surface area contributed by atoms with Gasteiger partial charge in [-0.15, -0.1) is 0 Å². The fraction of sp³-hybridized carbons (Fsp3) is 0. The number of rotatable bonds is 4. The van der Waals surface area contributed by atoms with Gasteiger partial charge in [-0.3, -0.25) is 18.2 Å². The molecule has 4 atom stereocenters. The Kier molecular flexibility index (Phi) is 17.3. The number of phenols is 4. The molecular formula is C64H36N8O20S16+4. The molecule has 1 aliphatic heterocycles. The molecule has 0 radical (unpaired) electrons. The third-order valence-corrected chi connectivity index (χ3v) is 37.7. The average molecular weight is 1750 g/mol. The molecule has 8 bridgehead atoms. The number of hydrogen-bond acceptors (Lipinski definition) is 28. The van der Waals surface area contributed by atoms with Crippen LogP contribution in [0.15, 0.2) is 180 Å². The minimum absolute atomic E-state index is 0.0575. The topological polar surface area (TPSA) is 522 Å². The summed E-state index contributed by atoms with van der Waals surface area (Å²) in [7, 11) is -29.3. The molecule has 0 fully saturated rings. The lowest BCUT2D eigenvalue weighted by atomic mass is 10.1. The first-order valence-corrected chi connectivity index (χ1v) is 48.8. The van der Waals surface area contributed by atoms with Crippen molar-refractivity contribution in [2.45, 2.75) is 58.7 Å². The van der Waals surface area contributed by atoms with E-state index in [-0.39, 0.29) is 167 Å². The second-order valence-corrected chi connectivity index (χ2v) is 45.2. The van der Waals surface area contributed by atoms with Crippen LogP contribution in [0.1, 0.15) is 0 Å². The van der Waals surface area contributed by atoms with Gasteiger partial charge in [-0.25, -0.2) is 36.8 Å². The number of anilines is 4. The summed E-state index contributed by atoms with van der Waals surface area (Å²) in [4.78, 5) is 14.1. The molecule has 17 rings (SSSR count). The molecule has 0 saturated carbocycles. The minimum Gasteiger partial charge on any atom is -0.505 e. The van der Waals surface area contributed by atoms with Crippen LogP contribution in [-0.2, 0) is 79.8 Å². The second kappa shape index (κ2) is 25.7. The second-order valence-electron chi connectivity index (χ2n) is 23.7. The van der Waals surface area contributed by atoms with E-state index in [0.717, 1.165) is 93.9 Å². The summed E-state index contributed by atoms with van der Waals surface area (Å²) >= 11 is 3.21. The molecule has 108 heavy (non-hydrogen) atoms. The fourth-order valence-corrected chi connectivity index (χ4v) is 31.7. The highest BCUT2D eigenvalue weighted by Crippen LogP contribution is 2.57. The van der Waals surface area contributed by atoms with Gasteiger partial charge in [-0.1, -0.05) is 24.3 Å². The number of nitrogens with zero attached hydrogens (tertiary/aromatic N) is 4. The molecule has 0 saturated heterocycles. The maximum Gasteiger partial charge on any atom is 0.294 e. The third-order valence-electron chi connectivity index (χ3n) is 17.3. The highest BCUT2D eigenvalue weighted by atomic mass is 33.1. The number of aromatic hydroxyl groups is 4. The van der Waals surface area contributed by atoms with E-state index in [0.29, 0.717) is 43.2 Å². The van der Waals surface area contributed by atoms with Crippen molar-refractivity contribution in [2.75, 3.05) is 22.9 Å². The van der Waals surface area contributed by atoms with Crippen molar-refractivity contribution in [3.05, 3.63) is 121 Å². The van der Waals surface area contributed by atoms with E-state index in [1.165, 1.54) is 72.8 Å². The molecule has 16 N–H and O–H groups in total. The summed E-state index contributed by atoms with van der Waals surface area (Å²) < 4.78 is 207. The lowest BCUT2D eigenvalue weighted by Gasteiger charge is -2.14. The number of nitrogens with two attached hydrogens (primary N) is 4. The Bertz CT molecular complexity index is 6770. The fourth-order valence-electron chi connectivity index (χ4n) is 12.4. The van der Waals surface area contributed by atoms with Crippen molar-refractivity contribution in [2.24, 2.45) is 0 Å². The minimum atomic E-state index is -4.85. The Balaban J connectivity index is 0.970. The van der Waals surface area contributed by atoms with Crippen LogP contribution < -0.4 is 22.9 Å². The van der Waals surface area contributed by atoms with Crippen LogP contribution in [0.4, 0.5) is 22.7 Å². The molecule has 44 heteroatoms. The van der Waals surface area contributed by atoms with Crippen molar-refractivity contribution < 1.29 is 89.1 Å². The highest BCUT2D eigenvalue weighted by molar-refractivity contribution is 8.77. The quantitative estimate of drug-likeness (QED) is 0.0194. The predicted molar refractivity (Wildman–Crippen MR) is 429 cm³/mol. The molecule has 0 spiro atoms. The zero-order chi connectivity index (χ0) is 76.3. The Morgan fingerprint density at radius 1 is 0.296 bits per heavy atom. The van der Waals surface area contributed by atoms with Crippen LogP contribution in [0.5, 0.6) is 23.0 Å². The van der Waals surface area contributed by atoms with Crippen LogP contribution >= 0.6 is 88.5 Å². The third kappa shape index (κ3) is 11.9. The summed E-state index contributed by atoms with van der Waals surface area (Å²) in [5.74, 6) is -3.34. The van der Waals surface area contributed by atoms with Crippen molar-refractivity contribution in [3.8, 4) is 23.0 Å². The van der Waals surface area contributed by atoms with E-state index in [1.807, 2.05) is 0 Å². The van der Waals surface area contributed by atoms with Crippen LogP contribution in [0.2, 0.25) is 0 Å². The summed E-state index contributed by atoms with van der Waals surface area (Å²) in [6, 6.07) is 25.4. The molecule has 4 aromatic heterocycles. The van der Waals surface area contributed by atoms with E-state index < -0.39 is 142 Å². The van der Waals surface area contributed by atoms with Crippen LogP contribution in [0.25, 0.3) is 125 Å². The van der Waals surface area contributed by atoms with Crippen molar-refractivity contribution in [3.63, 3.8) is 0 Å². The summed E-state index contributed by atoms with van der Waals surface area (Å²) in [6.45, 7) is 0. The molecule has 0 aliphatic carbocycles. The molecule has 5 heterocycles. The van der Waals surface area contributed by atoms with Gasteiger partial charge < -0.3 is 43.4 Å². The molecule has 16 aromatic rings. The van der Waals surface area contributed by atoms with Crippen molar-refractivity contribution in [1.82, 2.24) is 19.9 Å². The standard InChI is InChI=1S/C64H32N8O20S16/c65-33-13-41-49(29-9-21(105(81,82)83)1-5-25(29)33)69-37-17-45-53(73)61(57(37)93-41)101(77)102(78)62-55(75)47(19-39-58(62)94-42-14-34(66)26-6-2-22(106(84,85)86)10-30(26)50(42)71-39)99-100-48-20-40-60(96-44-16-36(68)28-8-4-24(108(90,91)92)12-32(28)52(44)72-40)64(56(48)76)104(80)103(79)63-54(74)46(98-97-45)18-38-59(63)95-43-15-35(67)27-7-3-23(107(87,88)89)11-31(27)51(43)70-38/h1-20H,65-68H2,(H4-4,73,74,75,76,81,82,83,84,85,86,87,88,89,90,91,92)/p+4. The number of aromatic nitrogens is 4. The molecular weight excluding hydrogens is 1710 g/mol. The van der Waals surface area contributed by atoms with Crippen LogP contribution in [-0.4, -0.2) is 109 Å². The Morgan fingerprint density at radius 2 is 0.491 bits per heavy atom. The lowest BCUT2D eigenvalue weighted by Crippen LogP contribution is -2.06. The molecule has 0 amide bonds. The molecule has 1 aliphatic rings. The molecule has 28 nitrogen and oxygen atoms in total. The van der Waals surface area contributed by atoms with Crippen LogP contribution in [0, 0.1) is 0 Å². The summed E-state index contributed by atoms with van der Waals surface area (Å²) in [5, 5.41) is 53.3. The maximum absolute atomic E-state index is 16.2. The predicted octanol–water partition coefficient (Wildman–Crippen LogP) is 14.2. The smallest absolute Gasteiger partial charge is 0.294 e. The van der Waals surface area contributed by atoms with Gasteiger partial charge in [0.1, 0.15) is 44.1 Å². The summed E-state index contributed by atoms with van der Waals surface area (Å²) in [6.07, 6.45) is 0. The number of benzene rings is 12. The molecule has 12 aromatic carbocycles. The maximum atomic E-state index is 16.2. The highest BCUT2D eigenvalue weighted by Gasteiger charge is 2.41. The monoisotopic (exact) mass is 1750 g/mol. The normalized spacial score (nSPS) is 16.6. The van der Waals surface area contributed by atoms with Gasteiger partial charge in [-0.2, -0.15) is 33.7 Å². The van der Waals surface area contributed by atoms with Gasteiger partial charge in [0.05, 0.1) is 39.2 Å². The number of hydrogen-bond donors (Lipinski definition) is 12. The molecule has 4 unspecified atom stereocenters. The first-order chi connectivity index (χ1) is 51.0. The Morgan fingerprint density at radius 3 is 0.676 bits per heavy atom. The van der Waals surface area contributed by atoms with E-state index >= 15 is 16.8 Å². The van der Waals surface area contributed by atoms with Gasteiger partial charge in [0.15, 0.2) is 81.9 Å². The van der Waals surface area contributed by atoms with Crippen molar-refractivity contribution in [1.29, 1.82) is 0 Å². The average Bonchev–Trinajstić information content (AvgIpc) is 0.737. The van der Waals surface area contributed by atoms with E-state index in [2.05, 4.69) is 0 Å². The molecule has 544 valence electrons. The van der Waals surface area contributed by atoms with E-state index in [4.69, 9.17) is 42.9 Å². The largest absolute Gasteiger partial charge is 0.505 e. The van der Waals surface area contributed by atoms with Gasteiger partial charge >= 0.3 is 0 Å². The first kappa shape index (κ1) is 72.6. The number of nitrogen functional groups attached to an aromatic ring is 4. The van der Waals surface area contributed by atoms with E-state index in [9.17, 15) is 72.3 Å². The SMILES string of the molecule is Nc1cc2[s+]c3c4c(O)c(cc3nc2c2cc(S(=O)(=O)O)ccc12)SSc1cc2nc3c(cc(N)c5ccc(S(=O)(=O)O)cc53)[s+]c2c(c1O)S(=O)S(=O)c1c(O)c(cc2nc3c(cc(N)c5ccc(S(=O)(=O)O)cc53)[s+]c12)SSc1cc2nc3c(cc(N)c5ccc(S(=O)(=O)O)cc53)[s+]c2c(c1O)S(=O)S4=O. The van der Waals surface area contributed by atoms with E-state index in [1.54, 1.807) is 0 Å². The van der Waals surface area contributed by atoms with Gasteiger partial charge in [0.25, 0.3) is 78.1 Å².